The molecule has 0 amide bonds. The van der Waals surface area contributed by atoms with Crippen molar-refractivity contribution in [2.24, 2.45) is 0 Å². The van der Waals surface area contributed by atoms with E-state index >= 15 is 0 Å². The minimum absolute atomic E-state index is 0. The predicted molar refractivity (Wildman–Crippen MR) is 335 cm³/mol. The summed E-state index contributed by atoms with van der Waals surface area (Å²) < 4.78 is 53.9. The Morgan fingerprint density at radius 2 is 0.975 bits per heavy atom. The molecule has 13 rings (SSSR count). The van der Waals surface area contributed by atoms with Gasteiger partial charge < -0.3 is 13.6 Å². The number of hydrogen-bond acceptors (Lipinski definition) is 3. The molecule has 0 aliphatic rings. The molecule has 0 saturated heterocycles. The van der Waals surface area contributed by atoms with Crippen molar-refractivity contribution in [3.05, 3.63) is 252 Å². The van der Waals surface area contributed by atoms with Gasteiger partial charge in [0.15, 0.2) is 0 Å². The van der Waals surface area contributed by atoms with Crippen LogP contribution in [0.2, 0.25) is 0 Å². The van der Waals surface area contributed by atoms with E-state index in [0.717, 1.165) is 88.9 Å². The van der Waals surface area contributed by atoms with Gasteiger partial charge in [-0.15, -0.1) is 47.5 Å². The fourth-order valence-electron chi connectivity index (χ4n) is 11.2. The Labute approximate surface area is 497 Å². The molecule has 0 aliphatic carbocycles. The number of fused-ring (bicyclic) bond motifs is 5. The average Bonchev–Trinajstić information content (AvgIpc) is 1.57. The molecule has 5 nitrogen and oxygen atoms in total. The van der Waals surface area contributed by atoms with Crippen molar-refractivity contribution in [1.29, 1.82) is 0 Å². The Bertz CT molecular complexity index is 4540. The quantitative estimate of drug-likeness (QED) is 0.121. The van der Waals surface area contributed by atoms with Gasteiger partial charge in [0.1, 0.15) is 5.58 Å². The number of imidazole rings is 2. The van der Waals surface area contributed by atoms with Gasteiger partial charge in [-0.3, -0.25) is 9.97 Å². The molecule has 0 unspecified atom stereocenters. The molecule has 0 aliphatic heterocycles. The van der Waals surface area contributed by atoms with Crippen molar-refractivity contribution in [1.82, 2.24) is 19.1 Å². The molecule has 3 aromatic heterocycles. The van der Waals surface area contributed by atoms with Gasteiger partial charge in [-0.2, -0.15) is 0 Å². The van der Waals surface area contributed by atoms with E-state index in [0.29, 0.717) is 28.8 Å². The SMILES string of the molecule is CC(C)c1cc(-c2ccccc2)cc(C(C)C)c1-n1c(-c2[c-]ccc3c2oc2ccccc23)nc2ccccc21.[2H]C([2H])([2H])c1c[c-]c(-c2nc3ccccc3n2-c2c(C([2H])(C)C)cccc2C([2H])(C)C)cc1-c1ccc(-c2ccccc2)cc1.[Ir]. The van der Waals surface area contributed by atoms with Gasteiger partial charge in [-0.05, 0) is 116 Å². The predicted octanol–water partition coefficient (Wildman–Crippen LogP) is 20.7. The average molecular weight is 1240 g/mol. The van der Waals surface area contributed by atoms with Gasteiger partial charge in [0.05, 0.1) is 39.3 Å². The number of furan rings is 1. The fraction of sp³-hybridized carbons (Fsp3) is 0.173. The molecular weight excluding hydrogens is 1170 g/mol. The Kier molecular flexibility index (Phi) is 13.8. The zero-order valence-corrected chi connectivity index (χ0v) is 49.3. The van der Waals surface area contributed by atoms with Crippen molar-refractivity contribution >= 4 is 44.0 Å². The van der Waals surface area contributed by atoms with E-state index in [2.05, 4.69) is 129 Å². The molecule has 0 bridgehead atoms. The van der Waals surface area contributed by atoms with Crippen LogP contribution < -0.4 is 0 Å². The normalized spacial score (nSPS) is 12.9. The molecule has 81 heavy (non-hydrogen) atoms. The molecular formula is C75H66IrN4O-2. The number of para-hydroxylation sites is 6. The number of hydrogen-bond donors (Lipinski definition) is 0. The third-order valence-electron chi connectivity index (χ3n) is 15.3. The number of rotatable bonds is 11. The van der Waals surface area contributed by atoms with Crippen LogP contribution in [0.5, 0.6) is 0 Å². The Balaban J connectivity index is 0.000000178. The number of aromatic nitrogens is 4. The van der Waals surface area contributed by atoms with Crippen LogP contribution in [0.15, 0.2) is 217 Å². The monoisotopic (exact) mass is 1240 g/mol. The number of nitrogens with zero attached hydrogens (tertiary/aromatic N) is 4. The zero-order chi connectivity index (χ0) is 59.5. The van der Waals surface area contributed by atoms with Crippen LogP contribution in [0.25, 0.3) is 112 Å². The molecule has 0 atom stereocenters. The van der Waals surface area contributed by atoms with Crippen LogP contribution >= 0.6 is 0 Å². The van der Waals surface area contributed by atoms with Crippen LogP contribution in [0, 0.1) is 19.0 Å². The number of benzene rings is 10. The summed E-state index contributed by atoms with van der Waals surface area (Å²) in [7, 11) is 0. The fourth-order valence-corrected chi connectivity index (χ4v) is 11.2. The maximum absolute atomic E-state index is 9.06. The molecule has 0 spiro atoms. The van der Waals surface area contributed by atoms with E-state index in [1.165, 1.54) is 27.9 Å². The summed E-state index contributed by atoms with van der Waals surface area (Å²) in [5.41, 5.74) is 19.0. The van der Waals surface area contributed by atoms with Crippen LogP contribution in [0.3, 0.4) is 0 Å². The summed E-state index contributed by atoms with van der Waals surface area (Å²) in [6, 6.07) is 77.9. The molecule has 10 aromatic carbocycles. The first-order valence-electron chi connectivity index (χ1n) is 30.1. The molecule has 0 fully saturated rings. The minimum atomic E-state index is -2.35. The largest absolute Gasteiger partial charge is 0.501 e. The standard InChI is InChI=1S/C38H35N2.C37H31N2O.Ir/c1-25(2)32-14-11-15-33(26(3)4)37(32)40-36-17-10-9-16-35(36)39-38(40)31-19-18-27(5)34(24-31)30-22-20-29(21-23-30)28-12-7-6-8-13-28;1-23(2)30-21-26(25-13-6-5-7-14-25)22-31(24(3)4)35(30)39-33-19-10-9-18-32(33)38-37(39)29-17-12-16-28-27-15-8-11-20-34(27)40-36(28)29;/h6-18,20-26H,1-5H3;5-16,18-24H,1-4H3;/q2*-1;/i5D3,25D,26D;;. The van der Waals surface area contributed by atoms with Gasteiger partial charge in [0, 0.05) is 43.7 Å². The summed E-state index contributed by atoms with van der Waals surface area (Å²) in [5.74, 6) is 0.0754. The minimum Gasteiger partial charge on any atom is -0.501 e. The van der Waals surface area contributed by atoms with Crippen molar-refractivity contribution in [3.63, 3.8) is 0 Å². The van der Waals surface area contributed by atoms with Crippen LogP contribution in [0.1, 0.15) is 114 Å². The number of aryl methyl sites for hydroxylation is 1. The zero-order valence-electron chi connectivity index (χ0n) is 51.9. The van der Waals surface area contributed by atoms with Crippen molar-refractivity contribution in [2.45, 2.75) is 85.9 Å². The summed E-state index contributed by atoms with van der Waals surface area (Å²) >= 11 is 0. The topological polar surface area (TPSA) is 48.8 Å². The molecule has 3 heterocycles. The van der Waals surface area contributed by atoms with Crippen LogP contribution in [-0.4, -0.2) is 19.1 Å². The van der Waals surface area contributed by atoms with E-state index < -0.39 is 18.6 Å². The molecule has 6 heteroatoms. The van der Waals surface area contributed by atoms with Gasteiger partial charge >= 0.3 is 0 Å². The molecule has 0 saturated carbocycles. The van der Waals surface area contributed by atoms with Crippen LogP contribution in [0.4, 0.5) is 0 Å². The molecule has 13 aromatic rings. The Morgan fingerprint density at radius 1 is 0.469 bits per heavy atom. The summed E-state index contributed by atoms with van der Waals surface area (Å²) in [4.78, 5) is 10.3. The first-order valence-corrected chi connectivity index (χ1v) is 27.6. The van der Waals surface area contributed by atoms with Crippen molar-refractivity contribution in [3.8, 4) is 67.5 Å². The third-order valence-corrected chi connectivity index (χ3v) is 15.3. The van der Waals surface area contributed by atoms with E-state index in [9.17, 15) is 0 Å². The van der Waals surface area contributed by atoms with E-state index in [1.807, 2.05) is 154 Å². The molecule has 1 radical (unpaired) electrons. The van der Waals surface area contributed by atoms with Gasteiger partial charge in [0.2, 0.25) is 0 Å². The smallest absolute Gasteiger partial charge is 0.120 e. The van der Waals surface area contributed by atoms with E-state index in [4.69, 9.17) is 21.2 Å². The summed E-state index contributed by atoms with van der Waals surface area (Å²) in [6.07, 6.45) is 0. The summed E-state index contributed by atoms with van der Waals surface area (Å²) in [5, 5.41) is 2.18. The first-order chi connectivity index (χ1) is 40.7. The van der Waals surface area contributed by atoms with E-state index in [1.54, 1.807) is 6.07 Å². The molecule has 403 valence electrons. The third kappa shape index (κ3) is 10.3. The van der Waals surface area contributed by atoms with E-state index in [-0.39, 0.29) is 25.7 Å². The van der Waals surface area contributed by atoms with Gasteiger partial charge in [0.25, 0.3) is 0 Å². The Morgan fingerprint density at radius 3 is 1.57 bits per heavy atom. The molecule has 0 N–H and O–H groups in total. The first kappa shape index (κ1) is 48.5. The van der Waals surface area contributed by atoms with Gasteiger partial charge in [-0.25, -0.2) is 0 Å². The summed E-state index contributed by atoms with van der Waals surface area (Å²) in [6.45, 7) is 14.2. The van der Waals surface area contributed by atoms with Crippen molar-refractivity contribution < 1.29 is 31.4 Å². The van der Waals surface area contributed by atoms with Crippen molar-refractivity contribution in [2.75, 3.05) is 0 Å². The maximum Gasteiger partial charge on any atom is 0.120 e. The second-order valence-corrected chi connectivity index (χ2v) is 21.7. The van der Waals surface area contributed by atoms with Gasteiger partial charge in [-0.1, -0.05) is 224 Å². The van der Waals surface area contributed by atoms with Crippen LogP contribution in [-0.2, 0) is 20.1 Å². The Hall–Kier alpha value is -8.41. The maximum atomic E-state index is 9.06. The second kappa shape index (κ2) is 23.0. The second-order valence-electron chi connectivity index (χ2n) is 21.7.